The Morgan fingerprint density at radius 2 is 1.71 bits per heavy atom. The van der Waals surface area contributed by atoms with Crippen molar-refractivity contribution in [1.82, 2.24) is 25.4 Å². The highest BCUT2D eigenvalue weighted by Gasteiger charge is 2.30. The first-order valence-corrected chi connectivity index (χ1v) is 9.81. The number of nitrogens with zero attached hydrogens (tertiary/aromatic N) is 4. The molecule has 2 heterocycles. The van der Waals surface area contributed by atoms with Gasteiger partial charge in [0.15, 0.2) is 0 Å². The number of carbonyl (C=O) groups excluding carboxylic acids is 1. The summed E-state index contributed by atoms with van der Waals surface area (Å²) >= 11 is 0. The van der Waals surface area contributed by atoms with E-state index in [1.807, 2.05) is 23.1 Å². The molecule has 0 radical (unpaired) electrons. The van der Waals surface area contributed by atoms with Crippen LogP contribution in [0.25, 0.3) is 11.0 Å². The first-order valence-electron chi connectivity index (χ1n) is 9.81. The van der Waals surface area contributed by atoms with Crippen LogP contribution in [0.1, 0.15) is 16.7 Å². The molecule has 1 aromatic heterocycles. The van der Waals surface area contributed by atoms with Gasteiger partial charge in [0.1, 0.15) is 11.0 Å². The number of piperazine rings is 1. The minimum Gasteiger partial charge on any atom is -0.334 e. The number of hydrogen-bond donors (Lipinski definition) is 1. The van der Waals surface area contributed by atoms with Gasteiger partial charge in [0.05, 0.1) is 0 Å². The highest BCUT2D eigenvalue weighted by atomic mass is 16.6. The SMILES string of the molecule is O=C(NCc1ccc2nonc2c1)N1CCN(C2Cc3ccccc3C2)CC1. The highest BCUT2D eigenvalue weighted by Crippen LogP contribution is 2.26. The first kappa shape index (κ1) is 17.2. The first-order chi connectivity index (χ1) is 13.8. The molecule has 0 atom stereocenters. The van der Waals surface area contributed by atoms with Crippen molar-refractivity contribution in [2.45, 2.75) is 25.4 Å². The third kappa shape index (κ3) is 3.33. The third-order valence-electron chi connectivity index (χ3n) is 5.91. The quantitative estimate of drug-likeness (QED) is 0.758. The summed E-state index contributed by atoms with van der Waals surface area (Å²) in [7, 11) is 0. The van der Waals surface area contributed by atoms with Gasteiger partial charge in [-0.15, -0.1) is 0 Å². The van der Waals surface area contributed by atoms with Gasteiger partial charge in [-0.2, -0.15) is 0 Å². The zero-order chi connectivity index (χ0) is 18.9. The van der Waals surface area contributed by atoms with Crippen molar-refractivity contribution in [3.63, 3.8) is 0 Å². The Kier molecular flexibility index (Phi) is 4.44. The number of aromatic nitrogens is 2. The van der Waals surface area contributed by atoms with Crippen LogP contribution in [0.4, 0.5) is 4.79 Å². The number of hydrogen-bond acceptors (Lipinski definition) is 5. The van der Waals surface area contributed by atoms with E-state index in [4.69, 9.17) is 4.63 Å². The Bertz CT molecular complexity index is 968. The Balaban J connectivity index is 1.12. The van der Waals surface area contributed by atoms with Crippen molar-refractivity contribution in [3.8, 4) is 0 Å². The molecular formula is C21H23N5O2. The van der Waals surface area contributed by atoms with Crippen LogP contribution in [-0.2, 0) is 19.4 Å². The number of rotatable bonds is 3. The third-order valence-corrected chi connectivity index (χ3v) is 5.91. The lowest BCUT2D eigenvalue weighted by molar-refractivity contribution is 0.111. The number of urea groups is 1. The van der Waals surface area contributed by atoms with Crippen LogP contribution in [0.3, 0.4) is 0 Å². The zero-order valence-electron chi connectivity index (χ0n) is 15.7. The fourth-order valence-corrected chi connectivity index (χ4v) is 4.31. The van der Waals surface area contributed by atoms with Crippen LogP contribution in [0.2, 0.25) is 0 Å². The van der Waals surface area contributed by atoms with Crippen molar-refractivity contribution in [2.24, 2.45) is 0 Å². The van der Waals surface area contributed by atoms with Gasteiger partial charge < -0.3 is 10.2 Å². The molecule has 2 aliphatic rings. The number of amides is 2. The zero-order valence-corrected chi connectivity index (χ0v) is 15.7. The van der Waals surface area contributed by atoms with Gasteiger partial charge in [-0.05, 0) is 52.0 Å². The van der Waals surface area contributed by atoms with Gasteiger partial charge in [0.25, 0.3) is 0 Å². The molecule has 1 aliphatic heterocycles. The fraction of sp³-hybridized carbons (Fsp3) is 0.381. The van der Waals surface area contributed by atoms with E-state index in [9.17, 15) is 4.79 Å². The monoisotopic (exact) mass is 377 g/mol. The summed E-state index contributed by atoms with van der Waals surface area (Å²) < 4.78 is 4.71. The summed E-state index contributed by atoms with van der Waals surface area (Å²) in [6.07, 6.45) is 2.25. The maximum atomic E-state index is 12.5. The predicted octanol–water partition coefficient (Wildman–Crippen LogP) is 2.22. The lowest BCUT2D eigenvalue weighted by Crippen LogP contribution is -2.54. The maximum Gasteiger partial charge on any atom is 0.317 e. The van der Waals surface area contributed by atoms with Crippen LogP contribution >= 0.6 is 0 Å². The van der Waals surface area contributed by atoms with Crippen LogP contribution in [-0.4, -0.2) is 58.4 Å². The average molecular weight is 377 g/mol. The summed E-state index contributed by atoms with van der Waals surface area (Å²) in [4.78, 5) is 17.0. The molecule has 2 amide bonds. The Hall–Kier alpha value is -2.93. The number of carbonyl (C=O) groups is 1. The summed E-state index contributed by atoms with van der Waals surface area (Å²) in [6.45, 7) is 3.88. The average Bonchev–Trinajstić information content (AvgIpc) is 3.38. The van der Waals surface area contributed by atoms with Crippen LogP contribution < -0.4 is 5.32 Å². The van der Waals surface area contributed by atoms with Gasteiger partial charge in [-0.3, -0.25) is 4.90 Å². The maximum absolute atomic E-state index is 12.5. The molecule has 28 heavy (non-hydrogen) atoms. The Morgan fingerprint density at radius 3 is 2.46 bits per heavy atom. The molecule has 0 unspecified atom stereocenters. The molecule has 3 aromatic rings. The normalized spacial score (nSPS) is 17.8. The largest absolute Gasteiger partial charge is 0.334 e. The second-order valence-electron chi connectivity index (χ2n) is 7.60. The smallest absolute Gasteiger partial charge is 0.317 e. The standard InChI is InChI=1S/C21H23N5O2/c27-21(22-14-15-5-6-19-20(11-15)24-28-23-19)26-9-7-25(8-10-26)18-12-16-3-1-2-4-17(16)13-18/h1-6,11,18H,7-10,12-14H2,(H,22,27). The van der Waals surface area contributed by atoms with Crippen LogP contribution in [0, 0.1) is 0 Å². The van der Waals surface area contributed by atoms with Crippen LogP contribution in [0.5, 0.6) is 0 Å². The molecule has 5 rings (SSSR count). The highest BCUT2D eigenvalue weighted by molar-refractivity contribution is 5.75. The van der Waals surface area contributed by atoms with Gasteiger partial charge >= 0.3 is 6.03 Å². The van der Waals surface area contributed by atoms with Crippen LogP contribution in [0.15, 0.2) is 47.1 Å². The summed E-state index contributed by atoms with van der Waals surface area (Å²) in [6, 6.07) is 15.0. The second-order valence-corrected chi connectivity index (χ2v) is 7.60. The lowest BCUT2D eigenvalue weighted by atomic mass is 10.1. The fourth-order valence-electron chi connectivity index (χ4n) is 4.31. The molecule has 1 N–H and O–H groups in total. The van der Waals surface area contributed by atoms with E-state index >= 15 is 0 Å². The number of nitrogens with one attached hydrogen (secondary N) is 1. The molecular weight excluding hydrogens is 354 g/mol. The molecule has 1 fully saturated rings. The van der Waals surface area contributed by atoms with E-state index in [0.29, 0.717) is 18.1 Å². The predicted molar refractivity (Wildman–Crippen MR) is 105 cm³/mol. The molecule has 2 aromatic carbocycles. The van der Waals surface area contributed by atoms with Crippen molar-refractivity contribution in [2.75, 3.05) is 26.2 Å². The van der Waals surface area contributed by atoms with Crippen molar-refractivity contribution in [1.29, 1.82) is 0 Å². The molecule has 0 spiro atoms. The van der Waals surface area contributed by atoms with E-state index in [0.717, 1.165) is 50.1 Å². The molecule has 0 bridgehead atoms. The van der Waals surface area contributed by atoms with Crippen molar-refractivity contribution < 1.29 is 9.42 Å². The van der Waals surface area contributed by atoms with E-state index in [2.05, 4.69) is 44.8 Å². The molecule has 0 saturated carbocycles. The number of benzene rings is 2. The van der Waals surface area contributed by atoms with Gasteiger partial charge in [-0.1, -0.05) is 30.3 Å². The molecule has 7 nitrogen and oxygen atoms in total. The summed E-state index contributed by atoms with van der Waals surface area (Å²) in [5.41, 5.74) is 5.37. The van der Waals surface area contributed by atoms with E-state index in [1.165, 1.54) is 11.1 Å². The lowest BCUT2D eigenvalue weighted by Gasteiger charge is -2.38. The van der Waals surface area contributed by atoms with Gasteiger partial charge in [0, 0.05) is 38.8 Å². The van der Waals surface area contributed by atoms with E-state index in [1.54, 1.807) is 0 Å². The number of fused-ring (bicyclic) bond motifs is 2. The van der Waals surface area contributed by atoms with E-state index in [-0.39, 0.29) is 6.03 Å². The minimum atomic E-state index is -0.00673. The molecule has 1 aliphatic carbocycles. The van der Waals surface area contributed by atoms with Gasteiger partial charge in [0.2, 0.25) is 0 Å². The van der Waals surface area contributed by atoms with Crippen molar-refractivity contribution in [3.05, 3.63) is 59.2 Å². The molecule has 1 saturated heterocycles. The minimum absolute atomic E-state index is 0.00673. The summed E-state index contributed by atoms with van der Waals surface area (Å²) in [5, 5.41) is 10.7. The summed E-state index contributed by atoms with van der Waals surface area (Å²) in [5.74, 6) is 0. The second kappa shape index (κ2) is 7.24. The van der Waals surface area contributed by atoms with Crippen molar-refractivity contribution >= 4 is 17.1 Å². The molecule has 144 valence electrons. The topological polar surface area (TPSA) is 74.5 Å². The molecule has 7 heteroatoms. The Morgan fingerprint density at radius 1 is 1.00 bits per heavy atom. The van der Waals surface area contributed by atoms with Gasteiger partial charge in [-0.25, -0.2) is 9.42 Å². The Labute approximate surface area is 163 Å². The van der Waals surface area contributed by atoms with E-state index < -0.39 is 0 Å².